The summed E-state index contributed by atoms with van der Waals surface area (Å²) in [4.78, 5) is 11.1. The first-order valence-electron chi connectivity index (χ1n) is 7.81. The zero-order valence-electron chi connectivity index (χ0n) is 13.4. The third-order valence-electron chi connectivity index (χ3n) is 4.28. The first-order chi connectivity index (χ1) is 11.8. The van der Waals surface area contributed by atoms with Crippen LogP contribution in [0.2, 0.25) is 0 Å². The summed E-state index contributed by atoms with van der Waals surface area (Å²) in [5.41, 5.74) is 1.42. The molecule has 0 fully saturated rings. The maximum Gasteiger partial charge on any atom is 0.416 e. The fourth-order valence-electron chi connectivity index (χ4n) is 3.03. The highest BCUT2D eigenvalue weighted by atomic mass is 19.4. The van der Waals surface area contributed by atoms with Crippen LogP contribution >= 0.6 is 0 Å². The number of aryl methyl sites for hydroxylation is 1. The molecule has 3 N–H and O–H groups in total. The molecule has 1 heterocycles. The van der Waals surface area contributed by atoms with E-state index in [9.17, 15) is 18.0 Å². The third-order valence-corrected chi connectivity index (χ3v) is 4.28. The van der Waals surface area contributed by atoms with Crippen molar-refractivity contribution < 1.29 is 23.1 Å². The van der Waals surface area contributed by atoms with E-state index in [-0.39, 0.29) is 17.2 Å². The molecule has 25 heavy (non-hydrogen) atoms. The second kappa shape index (κ2) is 6.31. The van der Waals surface area contributed by atoms with Gasteiger partial charge in [-0.15, -0.1) is 0 Å². The number of carboxylic acid groups (broad SMARTS) is 1. The molecule has 0 aromatic heterocycles. The van der Waals surface area contributed by atoms with E-state index in [1.54, 1.807) is 12.1 Å². The highest BCUT2D eigenvalue weighted by molar-refractivity contribution is 5.87. The van der Waals surface area contributed by atoms with Crippen molar-refractivity contribution in [1.29, 1.82) is 0 Å². The molecular formula is C18H17F3N2O2. The van der Waals surface area contributed by atoms with Gasteiger partial charge < -0.3 is 15.7 Å². The maximum atomic E-state index is 13.1. The second-order valence-corrected chi connectivity index (χ2v) is 6.05. The number of hydrogen-bond acceptors (Lipinski definition) is 3. The quantitative estimate of drug-likeness (QED) is 0.736. The Bertz CT molecular complexity index is 818. The van der Waals surface area contributed by atoms with Crippen molar-refractivity contribution in [2.24, 2.45) is 0 Å². The molecule has 1 aliphatic heterocycles. The van der Waals surface area contributed by atoms with Crippen molar-refractivity contribution in [3.8, 4) is 0 Å². The Morgan fingerprint density at radius 2 is 1.96 bits per heavy atom. The smallest absolute Gasteiger partial charge is 0.416 e. The average Bonchev–Trinajstić information content (AvgIpc) is 2.75. The normalized spacial score (nSPS) is 17.0. The number of rotatable bonds is 2. The number of aromatic carboxylic acids is 1. The summed E-state index contributed by atoms with van der Waals surface area (Å²) in [6, 6.07) is 8.97. The standard InChI is InChI=1S/C18H17F3N2O2/c1-10-7-16-15(9-13(10)18(19,20)21)22-6-5-14(23-16)11-3-2-4-12(8-11)17(24)25/h2-4,7-9,14,22-23H,5-6H2,1H3,(H,24,25). The van der Waals surface area contributed by atoms with Gasteiger partial charge in [-0.2, -0.15) is 13.2 Å². The van der Waals surface area contributed by atoms with E-state index in [1.807, 2.05) is 6.07 Å². The largest absolute Gasteiger partial charge is 0.478 e. The SMILES string of the molecule is Cc1cc2c(cc1C(F)(F)F)NCCC(c1cccc(C(=O)O)c1)N2. The Balaban J connectivity index is 1.95. The van der Waals surface area contributed by atoms with Gasteiger partial charge in [-0.25, -0.2) is 4.79 Å². The summed E-state index contributed by atoms with van der Waals surface area (Å²) in [5, 5.41) is 15.4. The molecule has 3 rings (SSSR count). The summed E-state index contributed by atoms with van der Waals surface area (Å²) in [6.07, 6.45) is -3.79. The van der Waals surface area contributed by atoms with Crippen LogP contribution in [0.1, 0.15) is 39.5 Å². The number of benzene rings is 2. The lowest BCUT2D eigenvalue weighted by molar-refractivity contribution is -0.138. The van der Waals surface area contributed by atoms with E-state index in [0.717, 1.165) is 11.6 Å². The Morgan fingerprint density at radius 3 is 2.64 bits per heavy atom. The van der Waals surface area contributed by atoms with E-state index in [2.05, 4.69) is 10.6 Å². The molecule has 7 heteroatoms. The minimum absolute atomic E-state index is 0.139. The summed E-state index contributed by atoms with van der Waals surface area (Å²) in [5.74, 6) is -1.01. The summed E-state index contributed by atoms with van der Waals surface area (Å²) in [6.45, 7) is 1.90. The van der Waals surface area contributed by atoms with Crippen molar-refractivity contribution in [3.05, 3.63) is 58.7 Å². The first kappa shape index (κ1) is 17.1. The van der Waals surface area contributed by atoms with Crippen LogP contribution in [-0.4, -0.2) is 17.6 Å². The molecule has 0 saturated heterocycles. The van der Waals surface area contributed by atoms with E-state index < -0.39 is 17.7 Å². The van der Waals surface area contributed by atoms with Gasteiger partial charge in [0.05, 0.1) is 28.5 Å². The Kier molecular flexibility index (Phi) is 4.32. The van der Waals surface area contributed by atoms with Crippen molar-refractivity contribution >= 4 is 17.3 Å². The number of anilines is 2. The number of fused-ring (bicyclic) bond motifs is 1. The molecular weight excluding hydrogens is 333 g/mol. The Labute approximate surface area is 142 Å². The van der Waals surface area contributed by atoms with Crippen molar-refractivity contribution in [2.45, 2.75) is 25.6 Å². The van der Waals surface area contributed by atoms with Crippen LogP contribution in [0, 0.1) is 6.92 Å². The number of nitrogens with one attached hydrogen (secondary N) is 2. The number of halogens is 3. The Hall–Kier alpha value is -2.70. The van der Waals surface area contributed by atoms with Gasteiger partial charge in [0.15, 0.2) is 0 Å². The molecule has 0 aliphatic carbocycles. The molecule has 0 saturated carbocycles. The molecule has 2 aromatic carbocycles. The number of hydrogen-bond donors (Lipinski definition) is 3. The predicted octanol–water partition coefficient (Wildman–Crippen LogP) is 4.68. The predicted molar refractivity (Wildman–Crippen MR) is 89.1 cm³/mol. The van der Waals surface area contributed by atoms with Gasteiger partial charge in [-0.05, 0) is 48.7 Å². The highest BCUT2D eigenvalue weighted by Gasteiger charge is 2.33. The van der Waals surface area contributed by atoms with Crippen LogP contribution in [0.4, 0.5) is 24.5 Å². The van der Waals surface area contributed by atoms with Gasteiger partial charge in [0.2, 0.25) is 0 Å². The summed E-state index contributed by atoms with van der Waals surface area (Å²) >= 11 is 0. The minimum Gasteiger partial charge on any atom is -0.478 e. The molecule has 0 radical (unpaired) electrons. The van der Waals surface area contributed by atoms with Crippen LogP contribution < -0.4 is 10.6 Å². The van der Waals surface area contributed by atoms with E-state index >= 15 is 0 Å². The van der Waals surface area contributed by atoms with Crippen LogP contribution in [0.3, 0.4) is 0 Å². The zero-order chi connectivity index (χ0) is 18.2. The zero-order valence-corrected chi connectivity index (χ0v) is 13.4. The first-order valence-corrected chi connectivity index (χ1v) is 7.81. The molecule has 0 spiro atoms. The van der Waals surface area contributed by atoms with Gasteiger partial charge in [0.1, 0.15) is 0 Å². The maximum absolute atomic E-state index is 13.1. The summed E-state index contributed by atoms with van der Waals surface area (Å²) in [7, 11) is 0. The molecule has 4 nitrogen and oxygen atoms in total. The van der Waals surface area contributed by atoms with Crippen LogP contribution in [0.5, 0.6) is 0 Å². The van der Waals surface area contributed by atoms with Crippen molar-refractivity contribution in [2.75, 3.05) is 17.2 Å². The van der Waals surface area contributed by atoms with E-state index in [4.69, 9.17) is 5.11 Å². The lowest BCUT2D eigenvalue weighted by Gasteiger charge is -2.20. The molecule has 2 aromatic rings. The fourth-order valence-corrected chi connectivity index (χ4v) is 3.03. The molecule has 132 valence electrons. The monoisotopic (exact) mass is 350 g/mol. The van der Waals surface area contributed by atoms with Gasteiger partial charge in [-0.3, -0.25) is 0 Å². The van der Waals surface area contributed by atoms with E-state index in [1.165, 1.54) is 19.1 Å². The molecule has 1 atom stereocenters. The minimum atomic E-state index is -4.40. The second-order valence-electron chi connectivity index (χ2n) is 6.05. The molecule has 1 aliphatic rings. The molecule has 1 unspecified atom stereocenters. The van der Waals surface area contributed by atoms with Crippen LogP contribution in [0.15, 0.2) is 36.4 Å². The number of carboxylic acids is 1. The van der Waals surface area contributed by atoms with Crippen LogP contribution in [0.25, 0.3) is 0 Å². The lowest BCUT2D eigenvalue weighted by Crippen LogP contribution is -2.12. The average molecular weight is 350 g/mol. The van der Waals surface area contributed by atoms with Gasteiger partial charge in [0.25, 0.3) is 0 Å². The third kappa shape index (κ3) is 3.55. The number of carbonyl (C=O) groups is 1. The molecule has 0 amide bonds. The van der Waals surface area contributed by atoms with E-state index in [0.29, 0.717) is 24.3 Å². The molecule has 0 bridgehead atoms. The Morgan fingerprint density at radius 1 is 1.20 bits per heavy atom. The topological polar surface area (TPSA) is 61.4 Å². The highest BCUT2D eigenvalue weighted by Crippen LogP contribution is 2.39. The van der Waals surface area contributed by atoms with Crippen molar-refractivity contribution in [3.63, 3.8) is 0 Å². The van der Waals surface area contributed by atoms with Crippen molar-refractivity contribution in [1.82, 2.24) is 0 Å². The van der Waals surface area contributed by atoms with Gasteiger partial charge in [-0.1, -0.05) is 12.1 Å². The van der Waals surface area contributed by atoms with Crippen LogP contribution in [-0.2, 0) is 6.18 Å². The fraction of sp³-hybridized carbons (Fsp3) is 0.278. The van der Waals surface area contributed by atoms with Gasteiger partial charge >= 0.3 is 12.1 Å². The summed E-state index contributed by atoms with van der Waals surface area (Å²) < 4.78 is 39.2. The number of alkyl halides is 3. The lowest BCUT2D eigenvalue weighted by atomic mass is 10.0. The van der Waals surface area contributed by atoms with Gasteiger partial charge in [0, 0.05) is 6.54 Å².